The van der Waals surface area contributed by atoms with Gasteiger partial charge in [-0.15, -0.1) is 11.3 Å². The summed E-state index contributed by atoms with van der Waals surface area (Å²) in [5.41, 5.74) is 2.53. The fourth-order valence-electron chi connectivity index (χ4n) is 3.40. The third-order valence-corrected chi connectivity index (χ3v) is 5.62. The van der Waals surface area contributed by atoms with E-state index in [1.165, 1.54) is 0 Å². The van der Waals surface area contributed by atoms with Crippen molar-refractivity contribution in [2.45, 2.75) is 26.8 Å². The molecule has 1 fully saturated rings. The Bertz CT molecular complexity index is 938. The minimum Gasteiger partial charge on any atom is -0.352 e. The third-order valence-electron chi connectivity index (χ3n) is 4.72. The summed E-state index contributed by atoms with van der Waals surface area (Å²) < 4.78 is 3.01. The Morgan fingerprint density at radius 2 is 1.96 bits per heavy atom. The van der Waals surface area contributed by atoms with Crippen LogP contribution in [0.25, 0.3) is 10.2 Å². The fraction of sp³-hybridized carbons (Fsp3) is 0.444. The molecule has 0 aliphatic carbocycles. The average Bonchev–Trinajstić information content (AvgIpc) is 3.27. The number of rotatable bonds is 3. The second kappa shape index (κ2) is 6.68. The number of hydrogen-bond acceptors (Lipinski definition) is 6. The van der Waals surface area contributed by atoms with Crippen LogP contribution in [0.5, 0.6) is 0 Å². The highest BCUT2D eigenvalue weighted by Crippen LogP contribution is 2.28. The molecule has 0 N–H and O–H groups in total. The van der Waals surface area contributed by atoms with Gasteiger partial charge in [-0.1, -0.05) is 0 Å². The van der Waals surface area contributed by atoms with Gasteiger partial charge in [0.25, 0.3) is 5.91 Å². The molecule has 0 aromatic carbocycles. The second-order valence-electron chi connectivity index (χ2n) is 6.82. The lowest BCUT2D eigenvalue weighted by Crippen LogP contribution is -2.49. The van der Waals surface area contributed by atoms with Crippen LogP contribution >= 0.6 is 11.3 Å². The minimum absolute atomic E-state index is 0.0103. The van der Waals surface area contributed by atoms with Crippen molar-refractivity contribution >= 4 is 33.3 Å². The van der Waals surface area contributed by atoms with Crippen LogP contribution in [-0.2, 0) is 0 Å². The summed E-state index contributed by atoms with van der Waals surface area (Å²) in [6, 6.07) is 4.14. The summed E-state index contributed by atoms with van der Waals surface area (Å²) in [5, 5.41) is 6.53. The lowest BCUT2D eigenvalue weighted by atomic mass is 10.2. The Hall–Kier alpha value is -2.48. The quantitative estimate of drug-likeness (QED) is 0.709. The molecule has 0 unspecified atom stereocenters. The highest BCUT2D eigenvalue weighted by molar-refractivity contribution is 7.17. The minimum atomic E-state index is 0.0103. The summed E-state index contributed by atoms with van der Waals surface area (Å²) in [4.78, 5) is 25.7. The zero-order valence-corrected chi connectivity index (χ0v) is 16.0. The maximum atomic E-state index is 12.8. The summed E-state index contributed by atoms with van der Waals surface area (Å²) in [6.07, 6.45) is 1.61. The van der Waals surface area contributed by atoms with E-state index in [4.69, 9.17) is 0 Å². The molecule has 3 aromatic rings. The third kappa shape index (κ3) is 2.94. The predicted molar refractivity (Wildman–Crippen MR) is 103 cm³/mol. The molecule has 0 spiro atoms. The molecule has 136 valence electrons. The number of hydrogen-bond donors (Lipinski definition) is 0. The molecule has 4 heterocycles. The number of anilines is 1. The topological polar surface area (TPSA) is 67.2 Å². The van der Waals surface area contributed by atoms with Gasteiger partial charge in [0.2, 0.25) is 0 Å². The predicted octanol–water partition coefficient (Wildman–Crippen LogP) is 2.74. The maximum Gasteiger partial charge on any atom is 0.274 e. The van der Waals surface area contributed by atoms with Crippen LogP contribution in [0.4, 0.5) is 5.82 Å². The molecule has 3 aromatic heterocycles. The molecule has 8 heteroatoms. The zero-order valence-electron chi connectivity index (χ0n) is 15.2. The van der Waals surface area contributed by atoms with E-state index in [9.17, 15) is 4.79 Å². The molecule has 0 radical (unpaired) electrons. The van der Waals surface area contributed by atoms with E-state index < -0.39 is 0 Å². The number of nitrogens with zero attached hydrogens (tertiary/aromatic N) is 6. The van der Waals surface area contributed by atoms with Crippen LogP contribution < -0.4 is 4.90 Å². The molecule has 0 atom stereocenters. The number of fused-ring (bicyclic) bond motifs is 1. The Labute approximate surface area is 156 Å². The molecular formula is C18H22N6OS. The zero-order chi connectivity index (χ0) is 18.3. The van der Waals surface area contributed by atoms with Crippen LogP contribution in [0.1, 0.15) is 36.1 Å². The molecule has 0 bridgehead atoms. The van der Waals surface area contributed by atoms with E-state index >= 15 is 0 Å². The molecule has 1 aliphatic heterocycles. The molecular weight excluding hydrogens is 348 g/mol. The number of piperazine rings is 1. The number of carbonyl (C=O) groups excluding carboxylic acids is 1. The number of carbonyl (C=O) groups is 1. The van der Waals surface area contributed by atoms with Crippen LogP contribution in [0.3, 0.4) is 0 Å². The van der Waals surface area contributed by atoms with Crippen molar-refractivity contribution in [2.75, 3.05) is 31.1 Å². The van der Waals surface area contributed by atoms with Gasteiger partial charge in [-0.05, 0) is 38.3 Å². The maximum absolute atomic E-state index is 12.8. The molecule has 1 aliphatic rings. The van der Waals surface area contributed by atoms with Crippen molar-refractivity contribution in [3.8, 4) is 0 Å². The van der Waals surface area contributed by atoms with Gasteiger partial charge in [0.15, 0.2) is 5.69 Å². The van der Waals surface area contributed by atoms with Gasteiger partial charge in [-0.2, -0.15) is 5.10 Å². The Kier molecular flexibility index (Phi) is 4.36. The second-order valence-corrected chi connectivity index (χ2v) is 7.74. The fourth-order valence-corrected chi connectivity index (χ4v) is 4.26. The summed E-state index contributed by atoms with van der Waals surface area (Å²) in [6.45, 7) is 9.00. The first-order valence-corrected chi connectivity index (χ1v) is 9.71. The van der Waals surface area contributed by atoms with Crippen molar-refractivity contribution in [1.82, 2.24) is 24.6 Å². The molecule has 1 amide bonds. The van der Waals surface area contributed by atoms with Crippen LogP contribution in [0.2, 0.25) is 0 Å². The van der Waals surface area contributed by atoms with E-state index in [0.29, 0.717) is 18.8 Å². The van der Waals surface area contributed by atoms with Crippen molar-refractivity contribution in [3.63, 3.8) is 0 Å². The van der Waals surface area contributed by atoms with Gasteiger partial charge in [-0.25, -0.2) is 9.97 Å². The normalized spacial score (nSPS) is 15.2. The van der Waals surface area contributed by atoms with Gasteiger partial charge >= 0.3 is 0 Å². The van der Waals surface area contributed by atoms with Crippen LogP contribution in [0, 0.1) is 6.92 Å². The number of thiophene rings is 1. The van der Waals surface area contributed by atoms with Crippen molar-refractivity contribution in [3.05, 3.63) is 35.2 Å². The Morgan fingerprint density at radius 3 is 2.65 bits per heavy atom. The standard InChI is InChI=1S/C18H22N6OS/c1-12(2)24-13(3)10-15(21-24)18(25)23-7-5-22(6-8-23)17-16-14(4-9-26-16)19-11-20-17/h4,9-12H,5-8H2,1-3H3. The van der Waals surface area contributed by atoms with Crippen molar-refractivity contribution < 1.29 is 4.79 Å². The van der Waals surface area contributed by atoms with E-state index in [-0.39, 0.29) is 11.9 Å². The molecule has 4 rings (SSSR count). The first kappa shape index (κ1) is 17.0. The van der Waals surface area contributed by atoms with Gasteiger partial charge in [0, 0.05) is 37.9 Å². The number of amides is 1. The summed E-state index contributed by atoms with van der Waals surface area (Å²) in [5.74, 6) is 0.980. The largest absolute Gasteiger partial charge is 0.352 e. The van der Waals surface area contributed by atoms with E-state index in [2.05, 4.69) is 33.8 Å². The van der Waals surface area contributed by atoms with Crippen molar-refractivity contribution in [1.29, 1.82) is 0 Å². The number of aromatic nitrogens is 4. The van der Waals surface area contributed by atoms with E-state index in [0.717, 1.165) is 34.8 Å². The molecule has 0 saturated carbocycles. The lowest BCUT2D eigenvalue weighted by molar-refractivity contribution is 0.0739. The van der Waals surface area contributed by atoms with Crippen LogP contribution in [-0.4, -0.2) is 56.7 Å². The average molecular weight is 370 g/mol. The van der Waals surface area contributed by atoms with E-state index in [1.807, 2.05) is 34.0 Å². The smallest absolute Gasteiger partial charge is 0.274 e. The Morgan fingerprint density at radius 1 is 1.19 bits per heavy atom. The monoisotopic (exact) mass is 370 g/mol. The highest BCUT2D eigenvalue weighted by atomic mass is 32.1. The van der Waals surface area contributed by atoms with E-state index in [1.54, 1.807) is 17.7 Å². The number of aryl methyl sites for hydroxylation is 1. The van der Waals surface area contributed by atoms with Gasteiger partial charge in [0.1, 0.15) is 12.1 Å². The van der Waals surface area contributed by atoms with Gasteiger partial charge in [0.05, 0.1) is 10.2 Å². The SMILES string of the molecule is Cc1cc(C(=O)N2CCN(c3ncnc4ccsc34)CC2)nn1C(C)C. The summed E-state index contributed by atoms with van der Waals surface area (Å²) in [7, 11) is 0. The first-order valence-electron chi connectivity index (χ1n) is 8.83. The molecule has 26 heavy (non-hydrogen) atoms. The van der Waals surface area contributed by atoms with Crippen molar-refractivity contribution in [2.24, 2.45) is 0 Å². The summed E-state index contributed by atoms with van der Waals surface area (Å²) >= 11 is 1.66. The molecule has 1 saturated heterocycles. The highest BCUT2D eigenvalue weighted by Gasteiger charge is 2.26. The molecule has 7 nitrogen and oxygen atoms in total. The lowest BCUT2D eigenvalue weighted by Gasteiger charge is -2.35. The Balaban J connectivity index is 1.47. The first-order chi connectivity index (χ1) is 12.5. The van der Waals surface area contributed by atoms with Crippen LogP contribution in [0.15, 0.2) is 23.8 Å². The van der Waals surface area contributed by atoms with Gasteiger partial charge in [-0.3, -0.25) is 9.48 Å². The van der Waals surface area contributed by atoms with Gasteiger partial charge < -0.3 is 9.80 Å².